The average Bonchev–Trinajstić information content (AvgIpc) is 1.99. The van der Waals surface area contributed by atoms with Crippen molar-refractivity contribution in [3.05, 3.63) is 34.9 Å². The van der Waals surface area contributed by atoms with Crippen molar-refractivity contribution >= 4 is 31.6 Å². The topological polar surface area (TPSA) is 0 Å². The van der Waals surface area contributed by atoms with Gasteiger partial charge in [-0.3, -0.25) is 0 Å². The molecule has 0 aliphatic heterocycles. The number of hydrogen-bond acceptors (Lipinski definition) is 0. The van der Waals surface area contributed by atoms with Gasteiger partial charge in [0.25, 0.3) is 0 Å². The van der Waals surface area contributed by atoms with Crippen molar-refractivity contribution in [3.63, 3.8) is 0 Å². The van der Waals surface area contributed by atoms with Crippen molar-refractivity contribution in [3.8, 4) is 0 Å². The zero-order chi connectivity index (χ0) is 11.9. The summed E-state index contributed by atoms with van der Waals surface area (Å²) in [4.78, 5) is 0. The third-order valence-corrected chi connectivity index (χ3v) is 2.71. The molecule has 0 saturated heterocycles. The van der Waals surface area contributed by atoms with E-state index in [2.05, 4.69) is 15.9 Å². The van der Waals surface area contributed by atoms with Gasteiger partial charge in [0.1, 0.15) is 15.7 Å². The molecular formula is C9H10B2BrF3. The highest BCUT2D eigenvalue weighted by atomic mass is 79.9. The Morgan fingerprint density at radius 3 is 2.00 bits per heavy atom. The van der Waals surface area contributed by atoms with Gasteiger partial charge in [-0.25, -0.2) is 0 Å². The highest BCUT2D eigenvalue weighted by Gasteiger charge is 2.34. The van der Waals surface area contributed by atoms with Crippen LogP contribution in [0.1, 0.15) is 16.7 Å². The third-order valence-electron chi connectivity index (χ3n) is 2.28. The molecule has 0 atom stereocenters. The van der Waals surface area contributed by atoms with Crippen LogP contribution >= 0.6 is 15.9 Å². The Bertz CT molecular complexity index is 336. The van der Waals surface area contributed by atoms with Crippen LogP contribution in [0, 0.1) is 6.92 Å². The minimum atomic E-state index is -4.28. The van der Waals surface area contributed by atoms with Crippen molar-refractivity contribution in [2.24, 2.45) is 0 Å². The molecule has 0 amide bonds. The van der Waals surface area contributed by atoms with Crippen molar-refractivity contribution in [1.82, 2.24) is 0 Å². The van der Waals surface area contributed by atoms with Crippen LogP contribution in [0.2, 0.25) is 0 Å². The Kier molecular flexibility index (Phi) is 3.29. The molecule has 0 nitrogen and oxygen atoms in total. The van der Waals surface area contributed by atoms with Crippen molar-refractivity contribution in [1.29, 1.82) is 0 Å². The molecule has 0 heterocycles. The van der Waals surface area contributed by atoms with E-state index >= 15 is 0 Å². The summed E-state index contributed by atoms with van der Waals surface area (Å²) in [6, 6.07) is 4.26. The van der Waals surface area contributed by atoms with Crippen LogP contribution in [0.4, 0.5) is 13.2 Å². The molecule has 0 saturated carbocycles. The Morgan fingerprint density at radius 1 is 1.13 bits per heavy atom. The summed E-state index contributed by atoms with van der Waals surface area (Å²) in [6.07, 6.45) is -4.28. The lowest BCUT2D eigenvalue weighted by Gasteiger charge is -2.22. The van der Waals surface area contributed by atoms with E-state index in [4.69, 9.17) is 0 Å². The van der Waals surface area contributed by atoms with E-state index in [0.29, 0.717) is 5.56 Å². The molecule has 0 unspecified atom stereocenters. The number of hydrogen-bond donors (Lipinski definition) is 0. The van der Waals surface area contributed by atoms with Gasteiger partial charge in [-0.05, 0) is 28.2 Å². The monoisotopic (exact) mass is 276 g/mol. The SMILES string of the molecule is BC(B)(Br)c1cccc(C(F)(F)F)c1C. The second-order valence-corrected chi connectivity index (χ2v) is 5.93. The number of halogens is 4. The number of benzene rings is 1. The Balaban J connectivity index is 3.37. The van der Waals surface area contributed by atoms with Crippen molar-refractivity contribution in [2.75, 3.05) is 0 Å². The van der Waals surface area contributed by atoms with Crippen LogP contribution in [-0.2, 0) is 10.3 Å². The maximum absolute atomic E-state index is 12.6. The standard InChI is InChI=1S/C9H10B2BrF3/c1-5-6(8(10,11)12)3-2-4-7(5)9(13,14)15/h2-4H,10-11H2,1H3. The fourth-order valence-corrected chi connectivity index (χ4v) is 2.02. The van der Waals surface area contributed by atoms with Gasteiger partial charge in [-0.15, -0.1) is 0 Å². The predicted molar refractivity (Wildman–Crippen MR) is 63.9 cm³/mol. The molecule has 0 spiro atoms. The van der Waals surface area contributed by atoms with Gasteiger partial charge in [0.15, 0.2) is 0 Å². The predicted octanol–water partition coefficient (Wildman–Crippen LogP) is 1.79. The maximum Gasteiger partial charge on any atom is 0.416 e. The number of rotatable bonds is 1. The molecule has 15 heavy (non-hydrogen) atoms. The van der Waals surface area contributed by atoms with E-state index in [-0.39, 0.29) is 5.56 Å². The largest absolute Gasteiger partial charge is 0.416 e. The van der Waals surface area contributed by atoms with E-state index in [9.17, 15) is 13.2 Å². The summed E-state index contributed by atoms with van der Waals surface area (Å²) in [5.41, 5.74) is 0.386. The first-order valence-corrected chi connectivity index (χ1v) is 5.29. The van der Waals surface area contributed by atoms with Gasteiger partial charge in [-0.1, -0.05) is 28.1 Å². The van der Waals surface area contributed by atoms with Crippen LogP contribution in [-0.4, -0.2) is 15.7 Å². The molecule has 0 N–H and O–H groups in total. The molecule has 0 bridgehead atoms. The molecule has 0 aliphatic carbocycles. The molecule has 0 radical (unpaired) electrons. The lowest BCUT2D eigenvalue weighted by molar-refractivity contribution is -0.138. The molecule has 6 heteroatoms. The first-order valence-electron chi connectivity index (χ1n) is 4.50. The van der Waals surface area contributed by atoms with E-state index < -0.39 is 15.9 Å². The summed E-state index contributed by atoms with van der Waals surface area (Å²) in [5.74, 6) is 0. The van der Waals surface area contributed by atoms with Crippen LogP contribution in [0.25, 0.3) is 0 Å². The minimum Gasteiger partial charge on any atom is -0.166 e. The van der Waals surface area contributed by atoms with Crippen LogP contribution in [0.15, 0.2) is 18.2 Å². The lowest BCUT2D eigenvalue weighted by Crippen LogP contribution is -2.21. The molecule has 0 aromatic heterocycles. The van der Waals surface area contributed by atoms with Gasteiger partial charge in [0.2, 0.25) is 0 Å². The van der Waals surface area contributed by atoms with Gasteiger partial charge in [0, 0.05) is 0 Å². The zero-order valence-electron chi connectivity index (χ0n) is 8.74. The Morgan fingerprint density at radius 2 is 1.60 bits per heavy atom. The van der Waals surface area contributed by atoms with Crippen LogP contribution < -0.4 is 0 Å². The molecule has 1 aromatic rings. The summed E-state index contributed by atoms with van der Waals surface area (Å²) in [5, 5.41) is 0. The number of alkyl halides is 4. The first kappa shape index (κ1) is 12.7. The molecular weight excluding hydrogens is 267 g/mol. The van der Waals surface area contributed by atoms with E-state index in [1.54, 1.807) is 6.07 Å². The summed E-state index contributed by atoms with van der Waals surface area (Å²) in [6.45, 7) is 1.50. The van der Waals surface area contributed by atoms with E-state index in [0.717, 1.165) is 6.07 Å². The second-order valence-electron chi connectivity index (χ2n) is 3.95. The van der Waals surface area contributed by atoms with Gasteiger partial charge in [0.05, 0.1) is 5.56 Å². The highest BCUT2D eigenvalue weighted by Crippen LogP contribution is 2.36. The molecule has 80 valence electrons. The van der Waals surface area contributed by atoms with Crippen LogP contribution in [0.5, 0.6) is 0 Å². The van der Waals surface area contributed by atoms with Crippen LogP contribution in [0.3, 0.4) is 0 Å². The molecule has 0 fully saturated rings. The quantitative estimate of drug-likeness (QED) is 0.542. The second kappa shape index (κ2) is 3.89. The van der Waals surface area contributed by atoms with Gasteiger partial charge < -0.3 is 0 Å². The normalized spacial score (nSPS) is 12.9. The maximum atomic E-state index is 12.6. The average molecular weight is 277 g/mol. The Hall–Kier alpha value is -0.380. The van der Waals surface area contributed by atoms with Crippen molar-refractivity contribution in [2.45, 2.75) is 17.2 Å². The van der Waals surface area contributed by atoms with Gasteiger partial charge in [-0.2, -0.15) is 13.2 Å². The zero-order valence-corrected chi connectivity index (χ0v) is 10.3. The summed E-state index contributed by atoms with van der Waals surface area (Å²) in [7, 11) is 3.66. The van der Waals surface area contributed by atoms with Crippen molar-refractivity contribution < 1.29 is 13.2 Å². The fourth-order valence-electron chi connectivity index (χ4n) is 1.59. The first-order chi connectivity index (χ1) is 6.64. The summed E-state index contributed by atoms with van der Waals surface area (Å²) >= 11 is 3.37. The van der Waals surface area contributed by atoms with Gasteiger partial charge >= 0.3 is 6.18 Å². The molecule has 0 aliphatic rings. The highest BCUT2D eigenvalue weighted by molar-refractivity contribution is 9.10. The summed E-state index contributed by atoms with van der Waals surface area (Å²) < 4.78 is 37.4. The van der Waals surface area contributed by atoms with E-state index in [1.807, 2.05) is 15.7 Å². The lowest BCUT2D eigenvalue weighted by atomic mass is 9.65. The molecule has 1 aromatic carbocycles. The molecule has 1 rings (SSSR count). The fraction of sp³-hybridized carbons (Fsp3) is 0.333. The third kappa shape index (κ3) is 2.80. The minimum absolute atomic E-state index is 0.284. The van der Waals surface area contributed by atoms with E-state index in [1.165, 1.54) is 13.0 Å². The smallest absolute Gasteiger partial charge is 0.166 e. The Labute approximate surface area is 97.2 Å².